The molecular weight excluding hydrogens is 312 g/mol. The average molecular weight is 331 g/mol. The minimum Gasteiger partial charge on any atom is -0.347 e. The van der Waals surface area contributed by atoms with Crippen molar-refractivity contribution in [1.29, 1.82) is 0 Å². The van der Waals surface area contributed by atoms with Crippen molar-refractivity contribution in [2.24, 2.45) is 0 Å². The standard InChI is InChI=1S/C17H18N2O3S/c20-17(18-16-8-10-23(21,22)13-16)12-19-9-4-7-15(11-19)14-5-2-1-3-6-14/h1-7,9,11,16H,8,10,12-13H2/p+1/t16-/m0/s1. The second kappa shape index (κ2) is 6.50. The third-order valence-electron chi connectivity index (χ3n) is 3.89. The molecule has 1 aromatic heterocycles. The summed E-state index contributed by atoms with van der Waals surface area (Å²) >= 11 is 0. The Morgan fingerprint density at radius 1 is 1.13 bits per heavy atom. The van der Waals surface area contributed by atoms with E-state index in [1.165, 1.54) is 0 Å². The molecule has 6 heteroatoms. The van der Waals surface area contributed by atoms with Crippen molar-refractivity contribution in [2.45, 2.75) is 19.0 Å². The van der Waals surface area contributed by atoms with Gasteiger partial charge in [-0.25, -0.2) is 8.42 Å². The SMILES string of the molecule is O=C(C[n+]1cccc(-c2ccccc2)c1)N[C@H]1CCS(=O)(=O)C1. The molecule has 1 saturated heterocycles. The zero-order valence-corrected chi connectivity index (χ0v) is 13.5. The van der Waals surface area contributed by atoms with Crippen LogP contribution in [0.3, 0.4) is 0 Å². The zero-order valence-electron chi connectivity index (χ0n) is 12.7. The number of sulfone groups is 1. The van der Waals surface area contributed by atoms with Gasteiger partial charge in [-0.15, -0.1) is 0 Å². The van der Waals surface area contributed by atoms with Gasteiger partial charge in [0, 0.05) is 17.7 Å². The summed E-state index contributed by atoms with van der Waals surface area (Å²) in [4.78, 5) is 12.1. The fraction of sp³-hybridized carbons (Fsp3) is 0.294. The Balaban J connectivity index is 1.65. The predicted molar refractivity (Wildman–Crippen MR) is 87.3 cm³/mol. The molecular formula is C17H19N2O3S+. The lowest BCUT2D eigenvalue weighted by molar-refractivity contribution is -0.684. The molecule has 1 amide bonds. The van der Waals surface area contributed by atoms with E-state index >= 15 is 0 Å². The Bertz CT molecular complexity index is 804. The number of aromatic nitrogens is 1. The third-order valence-corrected chi connectivity index (χ3v) is 5.66. The summed E-state index contributed by atoms with van der Waals surface area (Å²) in [5.74, 6) is 0.0458. The quantitative estimate of drug-likeness (QED) is 0.848. The largest absolute Gasteiger partial charge is 0.347 e. The van der Waals surface area contributed by atoms with Crippen molar-refractivity contribution < 1.29 is 17.8 Å². The van der Waals surface area contributed by atoms with Crippen molar-refractivity contribution in [3.8, 4) is 11.1 Å². The first-order valence-corrected chi connectivity index (χ1v) is 9.38. The number of carbonyl (C=O) groups excluding carboxylic acids is 1. The predicted octanol–water partition coefficient (Wildman–Crippen LogP) is 0.944. The van der Waals surface area contributed by atoms with E-state index in [0.717, 1.165) is 11.1 Å². The van der Waals surface area contributed by atoms with E-state index in [1.54, 1.807) is 4.57 Å². The topological polar surface area (TPSA) is 67.1 Å². The lowest BCUT2D eigenvalue weighted by Crippen LogP contribution is -2.46. The maximum atomic E-state index is 12.1. The molecule has 0 radical (unpaired) electrons. The van der Waals surface area contributed by atoms with Gasteiger partial charge >= 0.3 is 0 Å². The summed E-state index contributed by atoms with van der Waals surface area (Å²) in [5, 5.41) is 2.80. The lowest BCUT2D eigenvalue weighted by Gasteiger charge is -2.09. The van der Waals surface area contributed by atoms with Crippen LogP contribution < -0.4 is 9.88 Å². The van der Waals surface area contributed by atoms with Gasteiger partial charge in [0.05, 0.1) is 11.5 Å². The van der Waals surface area contributed by atoms with Gasteiger partial charge in [0.15, 0.2) is 22.2 Å². The molecule has 1 atom stereocenters. The molecule has 0 spiro atoms. The van der Waals surface area contributed by atoms with Crippen molar-refractivity contribution >= 4 is 15.7 Å². The highest BCUT2D eigenvalue weighted by molar-refractivity contribution is 7.91. The minimum atomic E-state index is -2.98. The molecule has 120 valence electrons. The van der Waals surface area contributed by atoms with Crippen LogP contribution in [0.1, 0.15) is 6.42 Å². The van der Waals surface area contributed by atoms with E-state index in [-0.39, 0.29) is 30.0 Å². The molecule has 5 nitrogen and oxygen atoms in total. The van der Waals surface area contributed by atoms with Gasteiger partial charge in [0.25, 0.3) is 5.91 Å². The number of carbonyl (C=O) groups is 1. The maximum absolute atomic E-state index is 12.1. The number of rotatable bonds is 4. The third kappa shape index (κ3) is 4.16. The second-order valence-electron chi connectivity index (χ2n) is 5.80. The summed E-state index contributed by atoms with van der Waals surface area (Å²) in [6.45, 7) is 0.178. The first-order valence-electron chi connectivity index (χ1n) is 7.56. The molecule has 2 heterocycles. The molecule has 0 aliphatic carbocycles. The fourth-order valence-electron chi connectivity index (χ4n) is 2.77. The van der Waals surface area contributed by atoms with Gasteiger partial charge in [-0.1, -0.05) is 30.3 Å². The van der Waals surface area contributed by atoms with Gasteiger partial charge in [-0.05, 0) is 18.1 Å². The normalized spacial score (nSPS) is 19.4. The number of hydrogen-bond donors (Lipinski definition) is 1. The maximum Gasteiger partial charge on any atom is 0.286 e. The van der Waals surface area contributed by atoms with Crippen LogP contribution in [-0.4, -0.2) is 31.9 Å². The Kier molecular flexibility index (Phi) is 4.43. The number of hydrogen-bond acceptors (Lipinski definition) is 3. The van der Waals surface area contributed by atoms with Crippen LogP contribution in [0.2, 0.25) is 0 Å². The monoisotopic (exact) mass is 331 g/mol. The van der Waals surface area contributed by atoms with Crippen LogP contribution in [0.25, 0.3) is 11.1 Å². The van der Waals surface area contributed by atoms with Crippen molar-refractivity contribution in [3.63, 3.8) is 0 Å². The highest BCUT2D eigenvalue weighted by Crippen LogP contribution is 2.16. The van der Waals surface area contributed by atoms with E-state index in [1.807, 2.05) is 54.9 Å². The van der Waals surface area contributed by atoms with Gasteiger partial charge in [-0.3, -0.25) is 4.79 Å². The highest BCUT2D eigenvalue weighted by Gasteiger charge is 2.29. The molecule has 23 heavy (non-hydrogen) atoms. The van der Waals surface area contributed by atoms with Crippen LogP contribution in [0.4, 0.5) is 0 Å². The Morgan fingerprint density at radius 3 is 2.57 bits per heavy atom. The Labute approximate surface area is 135 Å². The number of pyridine rings is 1. The van der Waals surface area contributed by atoms with Crippen LogP contribution in [0.5, 0.6) is 0 Å². The van der Waals surface area contributed by atoms with Crippen LogP contribution in [0.15, 0.2) is 54.9 Å². The van der Waals surface area contributed by atoms with E-state index in [9.17, 15) is 13.2 Å². The number of benzene rings is 1. The summed E-state index contributed by atoms with van der Waals surface area (Å²) in [6.07, 6.45) is 4.25. The number of nitrogens with zero attached hydrogens (tertiary/aromatic N) is 1. The Hall–Kier alpha value is -2.21. The summed E-state index contributed by atoms with van der Waals surface area (Å²) in [5.41, 5.74) is 2.12. The second-order valence-corrected chi connectivity index (χ2v) is 8.03. The van der Waals surface area contributed by atoms with E-state index in [0.29, 0.717) is 6.42 Å². The van der Waals surface area contributed by atoms with E-state index in [2.05, 4.69) is 5.32 Å². The summed E-state index contributed by atoms with van der Waals surface area (Å²) in [7, 11) is -2.98. The summed E-state index contributed by atoms with van der Waals surface area (Å²) < 4.78 is 24.7. The molecule has 1 aliphatic heterocycles. The number of nitrogens with one attached hydrogen (secondary N) is 1. The van der Waals surface area contributed by atoms with Crippen LogP contribution >= 0.6 is 0 Å². The molecule has 0 unspecified atom stereocenters. The first-order chi connectivity index (χ1) is 11.0. The van der Waals surface area contributed by atoms with Gasteiger partial charge < -0.3 is 5.32 Å². The molecule has 1 aromatic carbocycles. The van der Waals surface area contributed by atoms with Crippen LogP contribution in [0, 0.1) is 0 Å². The van der Waals surface area contributed by atoms with Gasteiger partial charge in [-0.2, -0.15) is 4.57 Å². The fourth-order valence-corrected chi connectivity index (χ4v) is 4.44. The first kappa shape index (κ1) is 15.7. The zero-order chi connectivity index (χ0) is 16.3. The van der Waals surface area contributed by atoms with E-state index < -0.39 is 9.84 Å². The van der Waals surface area contributed by atoms with Crippen molar-refractivity contribution in [2.75, 3.05) is 11.5 Å². The molecule has 0 saturated carbocycles. The molecule has 2 aromatic rings. The molecule has 1 aliphatic rings. The lowest BCUT2D eigenvalue weighted by atomic mass is 10.1. The minimum absolute atomic E-state index is 0.0491. The molecule has 0 bridgehead atoms. The smallest absolute Gasteiger partial charge is 0.286 e. The van der Waals surface area contributed by atoms with Crippen LogP contribution in [-0.2, 0) is 21.2 Å². The summed E-state index contributed by atoms with van der Waals surface area (Å²) in [6, 6.07) is 13.6. The molecule has 3 rings (SSSR count). The van der Waals surface area contributed by atoms with Gasteiger partial charge in [0.1, 0.15) is 0 Å². The number of amides is 1. The molecule has 1 fully saturated rings. The molecule has 1 N–H and O–H groups in total. The average Bonchev–Trinajstić information content (AvgIpc) is 2.87. The Morgan fingerprint density at radius 2 is 1.87 bits per heavy atom. The van der Waals surface area contributed by atoms with Crippen molar-refractivity contribution in [1.82, 2.24) is 5.32 Å². The van der Waals surface area contributed by atoms with E-state index in [4.69, 9.17) is 0 Å². The van der Waals surface area contributed by atoms with Crippen molar-refractivity contribution in [3.05, 3.63) is 54.9 Å². The highest BCUT2D eigenvalue weighted by atomic mass is 32.2. The van der Waals surface area contributed by atoms with Gasteiger partial charge in [0.2, 0.25) is 6.54 Å².